The summed E-state index contributed by atoms with van der Waals surface area (Å²) in [6.45, 7) is 13.3. The van der Waals surface area contributed by atoms with Crippen LogP contribution in [-0.4, -0.2) is 0 Å². The number of para-hydroxylation sites is 2. The van der Waals surface area contributed by atoms with Crippen molar-refractivity contribution in [2.45, 2.75) is 0 Å². The van der Waals surface area contributed by atoms with E-state index < -0.39 is 0 Å². The first-order chi connectivity index (χ1) is 4.88. The Hall–Kier alpha value is -1.29. The summed E-state index contributed by atoms with van der Waals surface area (Å²) in [5, 5.41) is 0. The summed E-state index contributed by atoms with van der Waals surface area (Å²) in [6, 6.07) is 6.78. The molecule has 0 heterocycles. The van der Waals surface area contributed by atoms with E-state index >= 15 is 0 Å². The van der Waals surface area contributed by atoms with Crippen LogP contribution in [0.15, 0.2) is 24.3 Å². The second-order valence-corrected chi connectivity index (χ2v) is 1.71. The number of benzene rings is 1. The summed E-state index contributed by atoms with van der Waals surface area (Å²) < 4.78 is 0. The Bertz CT molecular complexity index is 287. The normalized spacial score (nSPS) is 7.09. The Morgan fingerprint density at radius 3 is 1.55 bits per heavy atom. The van der Waals surface area contributed by atoms with Crippen molar-refractivity contribution in [1.82, 2.24) is 0 Å². The van der Waals surface area contributed by atoms with Crippen molar-refractivity contribution in [2.75, 3.05) is 0 Å². The smallest absolute Gasteiger partial charge is 0.194 e. The van der Waals surface area contributed by atoms with Gasteiger partial charge in [-0.1, -0.05) is 24.3 Å². The first-order valence-corrected chi connectivity index (χ1v) is 2.72. The van der Waals surface area contributed by atoms with Gasteiger partial charge in [-0.3, -0.25) is 9.69 Å². The van der Waals surface area contributed by atoms with Crippen LogP contribution in [-0.2, 0) is 16.8 Å². The average Bonchev–Trinajstić information content (AvgIpc) is 2.04. The molecule has 0 saturated heterocycles. The standard InChI is InChI=1S/C8H4N2.Co/c1-9-7-5-3-4-6-8(7)10-2;/h3-6H;. The van der Waals surface area contributed by atoms with E-state index in [1.807, 2.05) is 0 Å². The minimum atomic E-state index is 0. The molecule has 0 saturated carbocycles. The van der Waals surface area contributed by atoms with E-state index in [4.69, 9.17) is 13.1 Å². The van der Waals surface area contributed by atoms with E-state index in [1.165, 1.54) is 0 Å². The van der Waals surface area contributed by atoms with Gasteiger partial charge in [0.1, 0.15) is 0 Å². The van der Waals surface area contributed by atoms with Gasteiger partial charge in [0.05, 0.1) is 13.1 Å². The molecule has 0 N–H and O–H groups in total. The minimum absolute atomic E-state index is 0. The van der Waals surface area contributed by atoms with Crippen LogP contribution in [0.25, 0.3) is 9.69 Å². The van der Waals surface area contributed by atoms with Gasteiger partial charge >= 0.3 is 0 Å². The van der Waals surface area contributed by atoms with Crippen LogP contribution in [0.1, 0.15) is 0 Å². The van der Waals surface area contributed by atoms with Crippen LogP contribution >= 0.6 is 0 Å². The summed E-state index contributed by atoms with van der Waals surface area (Å²) >= 11 is 0. The zero-order valence-electron chi connectivity index (χ0n) is 5.54. The third kappa shape index (κ3) is 2.08. The van der Waals surface area contributed by atoms with Crippen molar-refractivity contribution in [3.8, 4) is 0 Å². The molecule has 0 amide bonds. The van der Waals surface area contributed by atoms with E-state index in [2.05, 4.69) is 9.69 Å². The molecule has 1 rings (SSSR count). The molecule has 0 bridgehead atoms. The average molecular weight is 187 g/mol. The topological polar surface area (TPSA) is 8.72 Å². The molecule has 11 heavy (non-hydrogen) atoms. The quantitative estimate of drug-likeness (QED) is 0.552. The number of rotatable bonds is 0. The monoisotopic (exact) mass is 187 g/mol. The van der Waals surface area contributed by atoms with Gasteiger partial charge in [0, 0.05) is 16.8 Å². The Balaban J connectivity index is 0.000001000. The van der Waals surface area contributed by atoms with Crippen molar-refractivity contribution >= 4 is 11.4 Å². The molecular weight excluding hydrogens is 183 g/mol. The van der Waals surface area contributed by atoms with Crippen LogP contribution in [0.4, 0.5) is 11.4 Å². The van der Waals surface area contributed by atoms with Gasteiger partial charge in [-0.05, 0) is 0 Å². The molecule has 0 atom stereocenters. The molecule has 0 fully saturated rings. The molecule has 0 unspecified atom stereocenters. The predicted octanol–water partition coefficient (Wildman–Crippen LogP) is 2.79. The first kappa shape index (κ1) is 9.71. The Labute approximate surface area is 75.7 Å². The zero-order valence-corrected chi connectivity index (χ0v) is 6.58. The fourth-order valence-corrected chi connectivity index (χ4v) is 0.653. The van der Waals surface area contributed by atoms with E-state index in [0.717, 1.165) is 0 Å². The van der Waals surface area contributed by atoms with Gasteiger partial charge in [0.25, 0.3) is 0 Å². The summed E-state index contributed by atoms with van der Waals surface area (Å²) in [5.41, 5.74) is 0.856. The van der Waals surface area contributed by atoms with Gasteiger partial charge in [0.15, 0.2) is 11.4 Å². The maximum absolute atomic E-state index is 6.67. The van der Waals surface area contributed by atoms with E-state index in [0.29, 0.717) is 11.4 Å². The summed E-state index contributed by atoms with van der Waals surface area (Å²) in [4.78, 5) is 6.36. The zero-order chi connectivity index (χ0) is 7.40. The SMILES string of the molecule is [C-]#[N+]c1ccccc1[N+]#[C-].[Co]. The molecule has 0 aliphatic heterocycles. The van der Waals surface area contributed by atoms with Crippen LogP contribution in [0.3, 0.4) is 0 Å². The molecule has 1 radical (unpaired) electrons. The molecule has 0 aliphatic carbocycles. The Morgan fingerprint density at radius 1 is 0.909 bits per heavy atom. The van der Waals surface area contributed by atoms with Gasteiger partial charge < -0.3 is 0 Å². The van der Waals surface area contributed by atoms with Crippen molar-refractivity contribution in [3.63, 3.8) is 0 Å². The fraction of sp³-hybridized carbons (Fsp3) is 0. The van der Waals surface area contributed by atoms with Crippen molar-refractivity contribution in [2.24, 2.45) is 0 Å². The van der Waals surface area contributed by atoms with Crippen LogP contribution in [0, 0.1) is 13.1 Å². The van der Waals surface area contributed by atoms with Gasteiger partial charge in [-0.25, -0.2) is 0 Å². The molecule has 0 aliphatic rings. The third-order valence-electron chi connectivity index (χ3n) is 1.12. The number of nitrogens with zero attached hydrogens (tertiary/aromatic N) is 2. The van der Waals surface area contributed by atoms with Gasteiger partial charge in [-0.15, -0.1) is 0 Å². The van der Waals surface area contributed by atoms with E-state index in [9.17, 15) is 0 Å². The number of hydrogen-bond donors (Lipinski definition) is 0. The fourth-order valence-electron chi connectivity index (χ4n) is 0.653. The van der Waals surface area contributed by atoms with E-state index in [1.54, 1.807) is 24.3 Å². The first-order valence-electron chi connectivity index (χ1n) is 2.72. The van der Waals surface area contributed by atoms with Crippen molar-refractivity contribution in [3.05, 3.63) is 47.1 Å². The Morgan fingerprint density at radius 2 is 1.27 bits per heavy atom. The Kier molecular flexibility index (Phi) is 3.98. The largest absolute Gasteiger partial charge is 0.250 e. The second kappa shape index (κ2) is 4.51. The molecule has 55 valence electrons. The predicted molar refractivity (Wildman–Crippen MR) is 39.0 cm³/mol. The molecule has 1 aromatic carbocycles. The second-order valence-electron chi connectivity index (χ2n) is 1.71. The van der Waals surface area contributed by atoms with Crippen molar-refractivity contribution in [1.29, 1.82) is 0 Å². The summed E-state index contributed by atoms with van der Waals surface area (Å²) in [6.07, 6.45) is 0. The van der Waals surface area contributed by atoms with Crippen LogP contribution < -0.4 is 0 Å². The maximum atomic E-state index is 6.67. The molecule has 3 heteroatoms. The molecule has 0 aromatic heterocycles. The molecule has 2 nitrogen and oxygen atoms in total. The van der Waals surface area contributed by atoms with Crippen LogP contribution in [0.2, 0.25) is 0 Å². The maximum Gasteiger partial charge on any atom is 0.194 e. The molecule has 0 spiro atoms. The van der Waals surface area contributed by atoms with Gasteiger partial charge in [-0.2, -0.15) is 0 Å². The van der Waals surface area contributed by atoms with Gasteiger partial charge in [0.2, 0.25) is 0 Å². The molecular formula is C8H4CoN2. The summed E-state index contributed by atoms with van der Waals surface area (Å²) in [5.74, 6) is 0. The van der Waals surface area contributed by atoms with Crippen LogP contribution in [0.5, 0.6) is 0 Å². The molecule has 1 aromatic rings. The third-order valence-corrected chi connectivity index (χ3v) is 1.12. The van der Waals surface area contributed by atoms with Crippen molar-refractivity contribution < 1.29 is 16.8 Å². The summed E-state index contributed by atoms with van der Waals surface area (Å²) in [7, 11) is 0. The number of hydrogen-bond acceptors (Lipinski definition) is 0. The minimum Gasteiger partial charge on any atom is -0.250 e. The van der Waals surface area contributed by atoms with E-state index in [-0.39, 0.29) is 16.8 Å².